The molecule has 1 aromatic carbocycles. The van der Waals surface area contributed by atoms with Gasteiger partial charge in [0, 0.05) is 16.4 Å². The summed E-state index contributed by atoms with van der Waals surface area (Å²) < 4.78 is 0. The van der Waals surface area contributed by atoms with Crippen LogP contribution in [-0.4, -0.2) is 15.9 Å². The summed E-state index contributed by atoms with van der Waals surface area (Å²) in [5.41, 5.74) is 8.00. The number of aryl methyl sites for hydroxylation is 1. The predicted molar refractivity (Wildman–Crippen MR) is 87.1 cm³/mol. The van der Waals surface area contributed by atoms with E-state index in [1.165, 1.54) is 0 Å². The van der Waals surface area contributed by atoms with Crippen LogP contribution >= 0.6 is 11.3 Å². The zero-order valence-corrected chi connectivity index (χ0v) is 13.0. The molecular weight excluding hydrogens is 294 g/mol. The average Bonchev–Trinajstić information content (AvgIpc) is 3.18. The van der Waals surface area contributed by atoms with Gasteiger partial charge >= 0.3 is 0 Å². The highest BCUT2D eigenvalue weighted by molar-refractivity contribution is 7.16. The minimum atomic E-state index is -0.380. The number of aromatic nitrogens is 2. The molecule has 1 aliphatic rings. The maximum absolute atomic E-state index is 11.8. The third-order valence-electron chi connectivity index (χ3n) is 4.35. The summed E-state index contributed by atoms with van der Waals surface area (Å²) in [7, 11) is 0. The van der Waals surface area contributed by atoms with Gasteiger partial charge in [0.05, 0.1) is 5.69 Å². The molecular formula is C17H15N3OS. The van der Waals surface area contributed by atoms with E-state index in [1.54, 1.807) is 17.4 Å². The molecule has 0 unspecified atom stereocenters. The highest BCUT2D eigenvalue weighted by Crippen LogP contribution is 2.55. The number of nitrogens with zero attached hydrogens (tertiary/aromatic N) is 2. The lowest BCUT2D eigenvalue weighted by molar-refractivity contribution is 0.0999. The molecule has 2 heterocycles. The Labute approximate surface area is 132 Å². The minimum Gasteiger partial charge on any atom is -0.366 e. The van der Waals surface area contributed by atoms with Crippen molar-refractivity contribution in [2.75, 3.05) is 0 Å². The summed E-state index contributed by atoms with van der Waals surface area (Å²) in [6.45, 7) is 1.92. The number of amides is 1. The van der Waals surface area contributed by atoms with Gasteiger partial charge in [0.2, 0.25) is 5.91 Å². The number of thiophene rings is 1. The highest BCUT2D eigenvalue weighted by atomic mass is 32.1. The average molecular weight is 309 g/mol. The predicted octanol–water partition coefficient (Wildman–Crippen LogP) is 3.18. The number of hydrogen-bond acceptors (Lipinski definition) is 4. The molecule has 3 aromatic rings. The molecule has 5 heteroatoms. The molecule has 0 atom stereocenters. The Bertz CT molecular complexity index is 896. The lowest BCUT2D eigenvalue weighted by Crippen LogP contribution is -2.20. The molecule has 1 aliphatic carbocycles. The normalized spacial score (nSPS) is 15.9. The van der Waals surface area contributed by atoms with Gasteiger partial charge in [0.25, 0.3) is 0 Å². The second-order valence-corrected chi connectivity index (χ2v) is 6.65. The van der Waals surface area contributed by atoms with E-state index in [9.17, 15) is 4.79 Å². The van der Waals surface area contributed by atoms with Crippen molar-refractivity contribution in [3.05, 3.63) is 58.4 Å². The quantitative estimate of drug-likeness (QED) is 0.808. The van der Waals surface area contributed by atoms with Crippen LogP contribution in [0.15, 0.2) is 35.7 Å². The molecule has 2 N–H and O–H groups in total. The number of nitrogens with two attached hydrogens (primary N) is 1. The Morgan fingerprint density at radius 2 is 2.00 bits per heavy atom. The van der Waals surface area contributed by atoms with Gasteiger partial charge in [-0.2, -0.15) is 0 Å². The summed E-state index contributed by atoms with van der Waals surface area (Å²) >= 11 is 1.62. The second-order valence-electron chi connectivity index (χ2n) is 5.75. The molecule has 110 valence electrons. The van der Waals surface area contributed by atoms with Gasteiger partial charge in [-0.3, -0.25) is 4.79 Å². The van der Waals surface area contributed by atoms with E-state index in [-0.39, 0.29) is 11.3 Å². The van der Waals surface area contributed by atoms with Crippen LogP contribution in [0.25, 0.3) is 10.2 Å². The van der Waals surface area contributed by atoms with Gasteiger partial charge < -0.3 is 5.73 Å². The number of primary amides is 1. The summed E-state index contributed by atoms with van der Waals surface area (Å²) in [6, 6.07) is 9.69. The topological polar surface area (TPSA) is 68.9 Å². The SMILES string of the molecule is Cc1nc(C2(c3ccccc3C(N)=O)CC2)c2ccsc2n1. The lowest BCUT2D eigenvalue weighted by atomic mass is 9.87. The number of carbonyl (C=O) groups excluding carboxylic acids is 1. The van der Waals surface area contributed by atoms with Crippen molar-refractivity contribution in [1.29, 1.82) is 0 Å². The maximum atomic E-state index is 11.8. The number of hydrogen-bond donors (Lipinski definition) is 1. The minimum absolute atomic E-state index is 0.196. The van der Waals surface area contributed by atoms with Gasteiger partial charge in [0.15, 0.2) is 0 Å². The van der Waals surface area contributed by atoms with Crippen LogP contribution in [0.4, 0.5) is 0 Å². The first-order valence-corrected chi connectivity index (χ1v) is 8.11. The van der Waals surface area contributed by atoms with Crippen molar-refractivity contribution < 1.29 is 4.79 Å². The van der Waals surface area contributed by atoms with Crippen LogP contribution in [-0.2, 0) is 5.41 Å². The van der Waals surface area contributed by atoms with Crippen molar-refractivity contribution in [1.82, 2.24) is 9.97 Å². The van der Waals surface area contributed by atoms with Crippen LogP contribution in [0, 0.1) is 6.92 Å². The Hall–Kier alpha value is -2.27. The fourth-order valence-corrected chi connectivity index (χ4v) is 4.01. The van der Waals surface area contributed by atoms with Crippen molar-refractivity contribution in [3.8, 4) is 0 Å². The van der Waals surface area contributed by atoms with Gasteiger partial charge in [0.1, 0.15) is 10.7 Å². The monoisotopic (exact) mass is 309 g/mol. The standard InChI is InChI=1S/C17H15N3OS/c1-10-19-14(12-6-9-22-16(12)20-10)17(7-8-17)13-5-3-2-4-11(13)15(18)21/h2-6,9H,7-8H2,1H3,(H2,18,21). The summed E-state index contributed by atoms with van der Waals surface area (Å²) in [6.07, 6.45) is 1.97. The molecule has 1 saturated carbocycles. The number of rotatable bonds is 3. The Balaban J connectivity index is 1.99. The molecule has 2 aromatic heterocycles. The van der Waals surface area contributed by atoms with Crippen molar-refractivity contribution in [2.45, 2.75) is 25.2 Å². The molecule has 0 bridgehead atoms. The van der Waals surface area contributed by atoms with Gasteiger partial charge in [-0.15, -0.1) is 11.3 Å². The molecule has 1 amide bonds. The van der Waals surface area contributed by atoms with E-state index in [4.69, 9.17) is 10.7 Å². The van der Waals surface area contributed by atoms with E-state index < -0.39 is 0 Å². The first-order valence-electron chi connectivity index (χ1n) is 7.23. The van der Waals surface area contributed by atoms with Crippen molar-refractivity contribution in [2.24, 2.45) is 5.73 Å². The molecule has 4 rings (SSSR count). The van der Waals surface area contributed by atoms with E-state index >= 15 is 0 Å². The molecule has 1 fully saturated rings. The van der Waals surface area contributed by atoms with Crippen molar-refractivity contribution >= 4 is 27.5 Å². The van der Waals surface area contributed by atoms with Gasteiger partial charge in [-0.1, -0.05) is 18.2 Å². The largest absolute Gasteiger partial charge is 0.366 e. The van der Waals surface area contributed by atoms with Crippen LogP contribution in [0.5, 0.6) is 0 Å². The first kappa shape index (κ1) is 13.4. The van der Waals surface area contributed by atoms with E-state index in [0.717, 1.165) is 40.1 Å². The molecule has 4 nitrogen and oxygen atoms in total. The second kappa shape index (κ2) is 4.61. The fourth-order valence-electron chi connectivity index (χ4n) is 3.20. The fraction of sp³-hybridized carbons (Fsp3) is 0.235. The number of benzene rings is 1. The van der Waals surface area contributed by atoms with E-state index in [2.05, 4.69) is 11.1 Å². The van der Waals surface area contributed by atoms with E-state index in [0.29, 0.717) is 5.56 Å². The highest BCUT2D eigenvalue weighted by Gasteiger charge is 2.50. The van der Waals surface area contributed by atoms with Crippen LogP contribution < -0.4 is 5.73 Å². The first-order chi connectivity index (χ1) is 10.6. The summed E-state index contributed by atoms with van der Waals surface area (Å²) in [5, 5.41) is 3.13. The Kier molecular flexibility index (Phi) is 2.81. The number of carbonyl (C=O) groups is 1. The zero-order chi connectivity index (χ0) is 15.3. The summed E-state index contributed by atoms with van der Waals surface area (Å²) in [4.78, 5) is 22.0. The van der Waals surface area contributed by atoms with Crippen LogP contribution in [0.2, 0.25) is 0 Å². The molecule has 0 aliphatic heterocycles. The summed E-state index contributed by atoms with van der Waals surface area (Å²) in [5.74, 6) is 0.391. The third kappa shape index (κ3) is 1.85. The Morgan fingerprint density at radius 3 is 2.73 bits per heavy atom. The zero-order valence-electron chi connectivity index (χ0n) is 12.2. The van der Waals surface area contributed by atoms with Gasteiger partial charge in [-0.05, 0) is 42.8 Å². The van der Waals surface area contributed by atoms with Crippen LogP contribution in [0.3, 0.4) is 0 Å². The molecule has 22 heavy (non-hydrogen) atoms. The number of fused-ring (bicyclic) bond motifs is 1. The van der Waals surface area contributed by atoms with Crippen molar-refractivity contribution in [3.63, 3.8) is 0 Å². The van der Waals surface area contributed by atoms with Crippen LogP contribution in [0.1, 0.15) is 40.3 Å². The molecule has 0 radical (unpaired) electrons. The molecule has 0 saturated heterocycles. The Morgan fingerprint density at radius 1 is 1.23 bits per heavy atom. The van der Waals surface area contributed by atoms with E-state index in [1.807, 2.05) is 30.5 Å². The lowest BCUT2D eigenvalue weighted by Gasteiger charge is -2.19. The maximum Gasteiger partial charge on any atom is 0.249 e. The third-order valence-corrected chi connectivity index (χ3v) is 5.15. The molecule has 0 spiro atoms. The van der Waals surface area contributed by atoms with Gasteiger partial charge in [-0.25, -0.2) is 9.97 Å². The smallest absolute Gasteiger partial charge is 0.249 e.